The summed E-state index contributed by atoms with van der Waals surface area (Å²) in [7, 11) is 3.35. The molecule has 0 saturated carbocycles. The normalized spacial score (nSPS) is 13.0. The maximum atomic E-state index is 11.1. The predicted octanol–water partition coefficient (Wildman–Crippen LogP) is 3.00. The number of hydrogen-bond donors (Lipinski definition) is 0. The van der Waals surface area contributed by atoms with Crippen LogP contribution >= 0.6 is 21.6 Å². The Morgan fingerprint density at radius 3 is 2.62 bits per heavy atom. The van der Waals surface area contributed by atoms with E-state index in [0.29, 0.717) is 11.5 Å². The Bertz CT molecular complexity index is 168. The van der Waals surface area contributed by atoms with E-state index >= 15 is 0 Å². The highest BCUT2D eigenvalue weighted by Crippen LogP contribution is 2.21. The molecule has 74 valence electrons. The van der Waals surface area contributed by atoms with Gasteiger partial charge in [0.25, 0.3) is 0 Å². The van der Waals surface area contributed by atoms with Crippen LogP contribution in [0.15, 0.2) is 36.8 Å². The predicted molar refractivity (Wildman–Crippen MR) is 67.5 cm³/mol. The van der Waals surface area contributed by atoms with E-state index in [2.05, 4.69) is 13.2 Å². The summed E-state index contributed by atoms with van der Waals surface area (Å²) in [5.41, 5.74) is 0. The van der Waals surface area contributed by atoms with E-state index < -0.39 is 11.2 Å². The summed E-state index contributed by atoms with van der Waals surface area (Å²) in [4.78, 5) is 0. The van der Waals surface area contributed by atoms with E-state index in [1.807, 2.05) is 17.6 Å². The summed E-state index contributed by atoms with van der Waals surface area (Å²) in [5, 5.41) is 1.97. The summed E-state index contributed by atoms with van der Waals surface area (Å²) in [5.74, 6) is 2.13. The van der Waals surface area contributed by atoms with Gasteiger partial charge in [-0.3, -0.25) is 0 Å². The molecule has 0 aromatic heterocycles. The zero-order valence-corrected chi connectivity index (χ0v) is 9.93. The first kappa shape index (κ1) is 13.2. The Morgan fingerprint density at radius 1 is 1.23 bits per heavy atom. The van der Waals surface area contributed by atoms with Gasteiger partial charge in [0.1, 0.15) is 11.5 Å². The van der Waals surface area contributed by atoms with Crippen molar-refractivity contribution in [3.8, 4) is 0 Å². The molecule has 0 saturated heterocycles. The Morgan fingerprint density at radius 2 is 2.00 bits per heavy atom. The molecular formula is C9H14OS3. The van der Waals surface area contributed by atoms with Crippen LogP contribution in [-0.2, 0) is 11.2 Å². The fourth-order valence-corrected chi connectivity index (χ4v) is 2.77. The second-order valence-electron chi connectivity index (χ2n) is 2.10. The molecule has 1 atom stereocenters. The van der Waals surface area contributed by atoms with Gasteiger partial charge in [0.2, 0.25) is 0 Å². The van der Waals surface area contributed by atoms with Crippen molar-refractivity contribution >= 4 is 32.8 Å². The van der Waals surface area contributed by atoms with Gasteiger partial charge in [-0.05, 0) is 28.7 Å². The van der Waals surface area contributed by atoms with E-state index in [-0.39, 0.29) is 0 Å². The van der Waals surface area contributed by atoms with E-state index in [9.17, 15) is 4.55 Å². The second-order valence-corrected chi connectivity index (χ2v) is 5.97. The second kappa shape index (κ2) is 10.3. The third-order valence-electron chi connectivity index (χ3n) is 0.992. The van der Waals surface area contributed by atoms with E-state index in [1.54, 1.807) is 27.7 Å². The first-order valence-corrected chi connectivity index (χ1v) is 7.68. The Hall–Kier alpha value is 0.230. The standard InChI is InChI=1S/C9H14OS3/c1-3-6-11-12-7-5-9-13(10)8-4-2/h3-5,7H,1-2,6,8-9H2/b7-5-. The van der Waals surface area contributed by atoms with Crippen molar-refractivity contribution in [2.75, 3.05) is 17.3 Å². The highest BCUT2D eigenvalue weighted by Gasteiger charge is 1.97. The lowest BCUT2D eigenvalue weighted by molar-refractivity contribution is 0.601. The molecule has 0 spiro atoms. The van der Waals surface area contributed by atoms with Crippen molar-refractivity contribution in [3.05, 3.63) is 36.8 Å². The van der Waals surface area contributed by atoms with Crippen molar-refractivity contribution in [1.29, 1.82) is 0 Å². The van der Waals surface area contributed by atoms with Crippen LogP contribution in [0.4, 0.5) is 0 Å². The molecule has 0 heterocycles. The minimum Gasteiger partial charge on any atom is -0.616 e. The molecule has 0 rings (SSSR count). The molecule has 0 aromatic rings. The lowest BCUT2D eigenvalue weighted by Gasteiger charge is -2.03. The van der Waals surface area contributed by atoms with Crippen LogP contribution in [0.2, 0.25) is 0 Å². The maximum absolute atomic E-state index is 11.1. The van der Waals surface area contributed by atoms with Crippen molar-refractivity contribution in [2.24, 2.45) is 0 Å². The molecule has 0 bridgehead atoms. The minimum atomic E-state index is -0.775. The molecule has 0 fully saturated rings. The van der Waals surface area contributed by atoms with Crippen LogP contribution in [0.3, 0.4) is 0 Å². The SMILES string of the molecule is C=CCSS/C=C\C[S+]([O-])CC=C. The third-order valence-corrected chi connectivity index (χ3v) is 4.12. The fourth-order valence-electron chi connectivity index (χ4n) is 0.512. The summed E-state index contributed by atoms with van der Waals surface area (Å²) < 4.78 is 11.1. The smallest absolute Gasteiger partial charge is 0.124 e. The first-order valence-electron chi connectivity index (χ1n) is 3.81. The van der Waals surface area contributed by atoms with E-state index in [4.69, 9.17) is 0 Å². The van der Waals surface area contributed by atoms with Crippen LogP contribution in [0.5, 0.6) is 0 Å². The van der Waals surface area contributed by atoms with Crippen molar-refractivity contribution in [2.45, 2.75) is 0 Å². The number of hydrogen-bond acceptors (Lipinski definition) is 3. The summed E-state index contributed by atoms with van der Waals surface area (Å²) in [6.45, 7) is 7.14. The molecule has 4 heteroatoms. The van der Waals surface area contributed by atoms with Crippen LogP contribution < -0.4 is 0 Å². The Labute approximate surface area is 91.3 Å². The monoisotopic (exact) mass is 234 g/mol. The first-order chi connectivity index (χ1) is 6.31. The van der Waals surface area contributed by atoms with Gasteiger partial charge in [-0.25, -0.2) is 0 Å². The molecule has 1 nitrogen and oxygen atoms in total. The van der Waals surface area contributed by atoms with Crippen molar-refractivity contribution in [3.63, 3.8) is 0 Å². The topological polar surface area (TPSA) is 23.1 Å². The molecule has 13 heavy (non-hydrogen) atoms. The van der Waals surface area contributed by atoms with E-state index in [1.165, 1.54) is 0 Å². The molecule has 0 aliphatic carbocycles. The average Bonchev–Trinajstić information content (AvgIpc) is 2.11. The summed E-state index contributed by atoms with van der Waals surface area (Å²) in [6.07, 6.45) is 5.48. The van der Waals surface area contributed by atoms with Crippen molar-refractivity contribution in [1.82, 2.24) is 0 Å². The van der Waals surface area contributed by atoms with Crippen LogP contribution in [0.1, 0.15) is 0 Å². The van der Waals surface area contributed by atoms with Crippen molar-refractivity contribution < 1.29 is 4.55 Å². The molecule has 0 aliphatic heterocycles. The van der Waals surface area contributed by atoms with Gasteiger partial charge in [0.15, 0.2) is 0 Å². The summed E-state index contributed by atoms with van der Waals surface area (Å²) >= 11 is -0.775. The lowest BCUT2D eigenvalue weighted by Crippen LogP contribution is -2.06. The maximum Gasteiger partial charge on any atom is 0.124 e. The Kier molecular flexibility index (Phi) is 10.5. The minimum absolute atomic E-state index is 0.578. The van der Waals surface area contributed by atoms with Gasteiger partial charge in [-0.2, -0.15) is 0 Å². The van der Waals surface area contributed by atoms with Crippen LogP contribution in [0, 0.1) is 0 Å². The molecule has 1 unspecified atom stereocenters. The molecule has 0 amide bonds. The van der Waals surface area contributed by atoms with Gasteiger partial charge < -0.3 is 4.55 Å². The van der Waals surface area contributed by atoms with Crippen LogP contribution in [0.25, 0.3) is 0 Å². The largest absolute Gasteiger partial charge is 0.616 e. The zero-order chi connectivity index (χ0) is 9.94. The molecule has 0 aliphatic rings. The molecule has 0 radical (unpaired) electrons. The quantitative estimate of drug-likeness (QED) is 0.279. The average molecular weight is 234 g/mol. The van der Waals surface area contributed by atoms with E-state index in [0.717, 1.165) is 5.75 Å². The zero-order valence-electron chi connectivity index (χ0n) is 7.48. The van der Waals surface area contributed by atoms with Crippen LogP contribution in [-0.4, -0.2) is 21.8 Å². The highest BCUT2D eigenvalue weighted by molar-refractivity contribution is 8.77. The van der Waals surface area contributed by atoms with Gasteiger partial charge in [-0.1, -0.05) is 34.2 Å². The third kappa shape index (κ3) is 10.1. The number of rotatable bonds is 8. The van der Waals surface area contributed by atoms with Gasteiger partial charge in [0, 0.05) is 5.75 Å². The van der Waals surface area contributed by atoms with Gasteiger partial charge in [0.05, 0.1) is 0 Å². The van der Waals surface area contributed by atoms with Gasteiger partial charge >= 0.3 is 0 Å². The molecular weight excluding hydrogens is 220 g/mol. The Balaban J connectivity index is 3.29. The highest BCUT2D eigenvalue weighted by atomic mass is 33.1. The molecule has 0 N–H and O–H groups in total. The summed E-state index contributed by atoms with van der Waals surface area (Å²) in [6, 6.07) is 0. The fraction of sp³-hybridized carbons (Fsp3) is 0.333. The molecule has 0 aromatic carbocycles. The van der Waals surface area contributed by atoms with Gasteiger partial charge in [-0.15, -0.1) is 6.58 Å². The lowest BCUT2D eigenvalue weighted by atomic mass is 10.7.